The molecular formula is C26H23ClN4O3. The maximum Gasteiger partial charge on any atom is 0.352 e. The molecule has 1 N–H and O–H groups in total. The molecule has 7 nitrogen and oxygen atoms in total. The monoisotopic (exact) mass is 474 g/mol. The number of nitrogens with one attached hydrogen (secondary N) is 1. The van der Waals surface area contributed by atoms with E-state index in [1.165, 1.54) is 0 Å². The molecule has 0 bridgehead atoms. The molecule has 0 aliphatic rings. The lowest BCUT2D eigenvalue weighted by molar-refractivity contribution is 0.0941. The van der Waals surface area contributed by atoms with Crippen LogP contribution in [-0.2, 0) is 13.1 Å². The number of nitrogens with zero attached hydrogens (tertiary/aromatic N) is 3. The second-order valence-electron chi connectivity index (χ2n) is 7.96. The van der Waals surface area contributed by atoms with Crippen LogP contribution in [0, 0.1) is 13.8 Å². The fourth-order valence-corrected chi connectivity index (χ4v) is 3.67. The Morgan fingerprint density at radius 2 is 1.65 bits per heavy atom. The van der Waals surface area contributed by atoms with E-state index in [0.29, 0.717) is 10.7 Å². The molecule has 34 heavy (non-hydrogen) atoms. The van der Waals surface area contributed by atoms with Crippen molar-refractivity contribution >= 4 is 17.5 Å². The van der Waals surface area contributed by atoms with Crippen molar-refractivity contribution in [2.24, 2.45) is 0 Å². The molecule has 3 aromatic carbocycles. The maximum absolute atomic E-state index is 13.3. The number of hydrogen-bond donors (Lipinski definition) is 1. The molecular weight excluding hydrogens is 452 g/mol. The Bertz CT molecular complexity index is 1480. The molecule has 1 amide bonds. The van der Waals surface area contributed by atoms with Crippen LogP contribution < -0.4 is 16.6 Å². The topological polar surface area (TPSA) is 86.0 Å². The van der Waals surface area contributed by atoms with Crippen molar-refractivity contribution in [3.63, 3.8) is 0 Å². The molecule has 1 heterocycles. The van der Waals surface area contributed by atoms with Gasteiger partial charge in [0.15, 0.2) is 0 Å². The lowest BCUT2D eigenvalue weighted by atomic mass is 10.1. The Morgan fingerprint density at radius 1 is 0.941 bits per heavy atom. The van der Waals surface area contributed by atoms with E-state index in [2.05, 4.69) is 10.4 Å². The largest absolute Gasteiger partial charge is 0.352 e. The Balaban J connectivity index is 1.82. The van der Waals surface area contributed by atoms with E-state index in [1.54, 1.807) is 18.2 Å². The van der Waals surface area contributed by atoms with Gasteiger partial charge >= 0.3 is 5.69 Å². The number of hydrogen-bond acceptors (Lipinski definition) is 4. The number of carbonyl (C=O) groups is 1. The molecule has 0 spiro atoms. The summed E-state index contributed by atoms with van der Waals surface area (Å²) < 4.78 is 2.07. The van der Waals surface area contributed by atoms with Crippen LogP contribution in [0.2, 0.25) is 5.02 Å². The molecule has 8 heteroatoms. The van der Waals surface area contributed by atoms with Crippen molar-refractivity contribution in [1.29, 1.82) is 0 Å². The number of halogens is 1. The summed E-state index contributed by atoms with van der Waals surface area (Å²) in [6.45, 7) is 3.96. The van der Waals surface area contributed by atoms with Gasteiger partial charge in [0.05, 0.1) is 12.2 Å². The van der Waals surface area contributed by atoms with Crippen LogP contribution in [-0.4, -0.2) is 20.3 Å². The van der Waals surface area contributed by atoms with Crippen LogP contribution >= 0.6 is 11.6 Å². The summed E-state index contributed by atoms with van der Waals surface area (Å²) in [6, 6.07) is 21.8. The van der Waals surface area contributed by atoms with Gasteiger partial charge in [-0.25, -0.2) is 4.79 Å². The van der Waals surface area contributed by atoms with E-state index in [4.69, 9.17) is 11.6 Å². The zero-order valence-corrected chi connectivity index (χ0v) is 19.5. The highest BCUT2D eigenvalue weighted by Crippen LogP contribution is 2.18. The smallest absolute Gasteiger partial charge is 0.346 e. The standard InChI is InChI=1S/C26H23ClN4O3/c1-17-8-6-7-11-20(17)16-30-25(33)23(24(32)28-15-19-9-4-3-5-10-19)29-31(26(30)34)21-13-12-18(2)22(27)14-21/h3-14H,15-16H2,1-2H3,(H,28,32). The molecule has 1 aromatic heterocycles. The van der Waals surface area contributed by atoms with E-state index in [0.717, 1.165) is 31.5 Å². The van der Waals surface area contributed by atoms with Gasteiger partial charge in [-0.2, -0.15) is 9.78 Å². The third-order valence-electron chi connectivity index (χ3n) is 5.56. The zero-order valence-electron chi connectivity index (χ0n) is 18.8. The van der Waals surface area contributed by atoms with Gasteiger partial charge in [0, 0.05) is 11.6 Å². The quantitative estimate of drug-likeness (QED) is 0.462. The van der Waals surface area contributed by atoms with E-state index in [9.17, 15) is 14.4 Å². The minimum Gasteiger partial charge on any atom is -0.346 e. The van der Waals surface area contributed by atoms with Crippen LogP contribution in [0.3, 0.4) is 0 Å². The predicted octanol–water partition coefficient (Wildman–Crippen LogP) is 3.64. The molecule has 4 aromatic rings. The van der Waals surface area contributed by atoms with Crippen LogP contribution in [0.15, 0.2) is 82.4 Å². The Labute approximate surface area is 201 Å². The first-order valence-electron chi connectivity index (χ1n) is 10.7. The average molecular weight is 475 g/mol. The summed E-state index contributed by atoms with van der Waals surface area (Å²) >= 11 is 6.27. The highest BCUT2D eigenvalue weighted by atomic mass is 35.5. The first-order chi connectivity index (χ1) is 16.3. The van der Waals surface area contributed by atoms with E-state index < -0.39 is 17.2 Å². The summed E-state index contributed by atoms with van der Waals surface area (Å²) in [6.07, 6.45) is 0. The van der Waals surface area contributed by atoms with Gasteiger partial charge in [-0.05, 0) is 48.2 Å². The fourth-order valence-electron chi connectivity index (χ4n) is 3.50. The summed E-state index contributed by atoms with van der Waals surface area (Å²) in [5.41, 5.74) is 1.98. The third kappa shape index (κ3) is 4.84. The van der Waals surface area contributed by atoms with E-state index in [-0.39, 0.29) is 18.8 Å². The van der Waals surface area contributed by atoms with Crippen LogP contribution in [0.5, 0.6) is 0 Å². The van der Waals surface area contributed by atoms with Crippen molar-refractivity contribution in [2.75, 3.05) is 0 Å². The molecule has 0 radical (unpaired) electrons. The van der Waals surface area contributed by atoms with Gasteiger partial charge < -0.3 is 5.32 Å². The molecule has 0 atom stereocenters. The first-order valence-corrected chi connectivity index (χ1v) is 11.1. The number of rotatable bonds is 6. The molecule has 4 rings (SSSR count). The number of aryl methyl sites for hydroxylation is 2. The van der Waals surface area contributed by atoms with E-state index >= 15 is 0 Å². The number of aromatic nitrogens is 3. The predicted molar refractivity (Wildman–Crippen MR) is 132 cm³/mol. The van der Waals surface area contributed by atoms with Crippen molar-refractivity contribution in [3.05, 3.63) is 127 Å². The molecule has 0 fully saturated rings. The average Bonchev–Trinajstić information content (AvgIpc) is 2.84. The molecule has 172 valence electrons. The summed E-state index contributed by atoms with van der Waals surface area (Å²) in [5, 5.41) is 7.31. The van der Waals surface area contributed by atoms with Crippen molar-refractivity contribution < 1.29 is 4.79 Å². The van der Waals surface area contributed by atoms with Crippen LogP contribution in [0.1, 0.15) is 32.7 Å². The Hall–Kier alpha value is -3.97. The third-order valence-corrected chi connectivity index (χ3v) is 5.97. The van der Waals surface area contributed by atoms with Gasteiger partial charge in [-0.1, -0.05) is 72.3 Å². The first kappa shape index (κ1) is 23.2. The van der Waals surface area contributed by atoms with Crippen LogP contribution in [0.4, 0.5) is 0 Å². The molecule has 0 aliphatic heterocycles. The molecule has 0 saturated carbocycles. The molecule has 0 unspecified atom stereocenters. The highest BCUT2D eigenvalue weighted by molar-refractivity contribution is 6.31. The summed E-state index contributed by atoms with van der Waals surface area (Å²) in [7, 11) is 0. The molecule has 0 aliphatic carbocycles. The SMILES string of the molecule is Cc1ccc(-n2nc(C(=O)NCc3ccccc3)c(=O)n(Cc3ccccc3C)c2=O)cc1Cl. The van der Waals surface area contributed by atoms with Gasteiger partial charge in [0.2, 0.25) is 5.69 Å². The number of carbonyl (C=O) groups excluding carboxylic acids is 1. The highest BCUT2D eigenvalue weighted by Gasteiger charge is 2.21. The fraction of sp³-hybridized carbons (Fsp3) is 0.154. The molecule has 0 saturated heterocycles. The van der Waals surface area contributed by atoms with Crippen molar-refractivity contribution in [3.8, 4) is 5.69 Å². The Morgan fingerprint density at radius 3 is 2.35 bits per heavy atom. The second kappa shape index (κ2) is 9.89. The minimum absolute atomic E-state index is 0.00538. The van der Waals surface area contributed by atoms with Crippen LogP contribution in [0.25, 0.3) is 5.69 Å². The normalized spacial score (nSPS) is 10.8. The van der Waals surface area contributed by atoms with Crippen molar-refractivity contribution in [2.45, 2.75) is 26.9 Å². The lowest BCUT2D eigenvalue weighted by Gasteiger charge is -2.14. The van der Waals surface area contributed by atoms with Gasteiger partial charge in [-0.15, -0.1) is 0 Å². The van der Waals surface area contributed by atoms with Crippen molar-refractivity contribution in [1.82, 2.24) is 19.7 Å². The minimum atomic E-state index is -0.756. The number of benzene rings is 3. The maximum atomic E-state index is 13.3. The summed E-state index contributed by atoms with van der Waals surface area (Å²) in [5.74, 6) is -0.667. The van der Waals surface area contributed by atoms with Gasteiger partial charge in [0.25, 0.3) is 11.5 Å². The Kier molecular flexibility index (Phi) is 6.75. The van der Waals surface area contributed by atoms with Gasteiger partial charge in [-0.3, -0.25) is 14.2 Å². The van der Waals surface area contributed by atoms with E-state index in [1.807, 2.05) is 68.4 Å². The second-order valence-corrected chi connectivity index (χ2v) is 8.37. The lowest BCUT2D eigenvalue weighted by Crippen LogP contribution is -2.46. The van der Waals surface area contributed by atoms with Gasteiger partial charge in [0.1, 0.15) is 0 Å². The number of amides is 1. The zero-order chi connectivity index (χ0) is 24.2. The summed E-state index contributed by atoms with van der Waals surface area (Å²) in [4.78, 5) is 39.6.